The summed E-state index contributed by atoms with van der Waals surface area (Å²) in [6, 6.07) is 3.52. The number of hydrazone groups is 1. The molecule has 2 heterocycles. The molecule has 2 rings (SSSR count). The first kappa shape index (κ1) is 12.2. The van der Waals surface area contributed by atoms with E-state index in [9.17, 15) is 4.79 Å². The van der Waals surface area contributed by atoms with Crippen molar-refractivity contribution >= 4 is 29.8 Å². The molecule has 0 saturated heterocycles. The molecule has 18 heavy (non-hydrogen) atoms. The van der Waals surface area contributed by atoms with E-state index in [0.717, 1.165) is 11.8 Å². The molecule has 0 aromatic carbocycles. The molecule has 4 N–H and O–H groups in total. The molecule has 0 unspecified atom stereocenters. The zero-order valence-corrected chi connectivity index (χ0v) is 9.98. The van der Waals surface area contributed by atoms with Crippen LogP contribution in [-0.2, 0) is 4.79 Å². The van der Waals surface area contributed by atoms with Gasteiger partial charge in [0.1, 0.15) is 5.76 Å². The molecule has 0 aliphatic carbocycles. The van der Waals surface area contributed by atoms with Crippen molar-refractivity contribution in [2.45, 2.75) is 5.16 Å². The average Bonchev–Trinajstić information content (AvgIpc) is 2.97. The Bertz CT molecular complexity index is 535. The number of amides is 1. The Balaban J connectivity index is 1.85. The fraction of sp³-hybridized carbons (Fsp3) is 0.111. The smallest absolute Gasteiger partial charge is 0.240 e. The van der Waals surface area contributed by atoms with E-state index in [1.807, 2.05) is 0 Å². The SMILES string of the molecule is NC(=O)CSc1n[nH]c(N/N=C\c2ccco2)n1. The first-order chi connectivity index (χ1) is 8.74. The van der Waals surface area contributed by atoms with Gasteiger partial charge in [-0.05, 0) is 12.1 Å². The number of primary amides is 1. The van der Waals surface area contributed by atoms with Gasteiger partial charge >= 0.3 is 0 Å². The van der Waals surface area contributed by atoms with Crippen molar-refractivity contribution in [1.82, 2.24) is 15.2 Å². The van der Waals surface area contributed by atoms with Crippen molar-refractivity contribution < 1.29 is 9.21 Å². The summed E-state index contributed by atoms with van der Waals surface area (Å²) in [4.78, 5) is 14.6. The quantitative estimate of drug-likeness (QED) is 0.395. The number of nitrogens with one attached hydrogen (secondary N) is 2. The van der Waals surface area contributed by atoms with Gasteiger partial charge < -0.3 is 10.2 Å². The van der Waals surface area contributed by atoms with Crippen LogP contribution in [0.2, 0.25) is 0 Å². The van der Waals surface area contributed by atoms with Crippen LogP contribution >= 0.6 is 11.8 Å². The van der Waals surface area contributed by atoms with Crippen LogP contribution in [0.4, 0.5) is 5.95 Å². The number of carbonyl (C=O) groups is 1. The third kappa shape index (κ3) is 3.63. The minimum absolute atomic E-state index is 0.132. The number of anilines is 1. The number of nitrogens with zero attached hydrogens (tertiary/aromatic N) is 3. The van der Waals surface area contributed by atoms with Gasteiger partial charge in [0.05, 0.1) is 18.2 Å². The molecule has 94 valence electrons. The van der Waals surface area contributed by atoms with E-state index in [1.165, 1.54) is 6.21 Å². The summed E-state index contributed by atoms with van der Waals surface area (Å²) in [5.74, 6) is 0.692. The number of carbonyl (C=O) groups excluding carboxylic acids is 1. The molecule has 9 heteroatoms. The first-order valence-corrected chi connectivity index (χ1v) is 5.88. The number of rotatable bonds is 6. The Morgan fingerprint density at radius 1 is 1.72 bits per heavy atom. The summed E-state index contributed by atoms with van der Waals surface area (Å²) >= 11 is 1.14. The van der Waals surface area contributed by atoms with Crippen molar-refractivity contribution in [2.24, 2.45) is 10.8 Å². The molecule has 0 spiro atoms. The molecule has 1 amide bonds. The van der Waals surface area contributed by atoms with E-state index >= 15 is 0 Å². The lowest BCUT2D eigenvalue weighted by Crippen LogP contribution is -2.13. The van der Waals surface area contributed by atoms with Gasteiger partial charge in [0.2, 0.25) is 17.0 Å². The van der Waals surface area contributed by atoms with Crippen molar-refractivity contribution in [1.29, 1.82) is 0 Å². The van der Waals surface area contributed by atoms with E-state index in [0.29, 0.717) is 16.9 Å². The minimum atomic E-state index is -0.421. The Labute approximate surface area is 106 Å². The second kappa shape index (κ2) is 5.87. The van der Waals surface area contributed by atoms with E-state index in [-0.39, 0.29) is 5.75 Å². The van der Waals surface area contributed by atoms with Crippen LogP contribution in [0.3, 0.4) is 0 Å². The van der Waals surface area contributed by atoms with Crippen LogP contribution in [-0.4, -0.2) is 33.1 Å². The molecular weight excluding hydrogens is 256 g/mol. The molecule has 0 saturated carbocycles. The standard InChI is InChI=1S/C9H10N6O2S/c10-7(16)5-18-9-12-8(14-15-9)13-11-4-6-2-1-3-17-6/h1-4H,5H2,(H2,10,16)(H2,12,13,14,15)/b11-4-. The minimum Gasteiger partial charge on any atom is -0.463 e. The fourth-order valence-electron chi connectivity index (χ4n) is 1.02. The van der Waals surface area contributed by atoms with Crippen LogP contribution in [0, 0.1) is 0 Å². The van der Waals surface area contributed by atoms with E-state index in [2.05, 4.69) is 25.7 Å². The van der Waals surface area contributed by atoms with Crippen LogP contribution < -0.4 is 11.2 Å². The monoisotopic (exact) mass is 266 g/mol. The van der Waals surface area contributed by atoms with Crippen LogP contribution in [0.1, 0.15) is 5.76 Å². The zero-order valence-electron chi connectivity index (χ0n) is 9.16. The number of aromatic nitrogens is 3. The van der Waals surface area contributed by atoms with Gasteiger partial charge in [-0.15, -0.1) is 5.10 Å². The fourth-order valence-corrected chi connectivity index (χ4v) is 1.56. The number of hydrogen-bond donors (Lipinski definition) is 3. The van der Waals surface area contributed by atoms with Crippen molar-refractivity contribution in [3.05, 3.63) is 24.2 Å². The molecule has 0 bridgehead atoms. The van der Waals surface area contributed by atoms with Crippen molar-refractivity contribution in [2.75, 3.05) is 11.2 Å². The predicted octanol–water partition coefficient (Wildman–Crippen LogP) is 0.421. The Hall–Kier alpha value is -2.29. The molecule has 2 aromatic rings. The van der Waals surface area contributed by atoms with Gasteiger partial charge in [-0.3, -0.25) is 4.79 Å². The van der Waals surface area contributed by atoms with Gasteiger partial charge in [0, 0.05) is 0 Å². The normalized spacial score (nSPS) is 10.9. The molecule has 0 aliphatic rings. The topological polar surface area (TPSA) is 122 Å². The van der Waals surface area contributed by atoms with E-state index < -0.39 is 5.91 Å². The number of furan rings is 1. The third-order valence-electron chi connectivity index (χ3n) is 1.71. The van der Waals surface area contributed by atoms with E-state index in [4.69, 9.17) is 10.2 Å². The highest BCUT2D eigenvalue weighted by atomic mass is 32.2. The number of aromatic amines is 1. The molecular formula is C9H10N6O2S. The molecule has 0 atom stereocenters. The van der Waals surface area contributed by atoms with Crippen molar-refractivity contribution in [3.63, 3.8) is 0 Å². The summed E-state index contributed by atoms with van der Waals surface area (Å²) in [5.41, 5.74) is 7.65. The van der Waals surface area contributed by atoms with Gasteiger partial charge in [-0.2, -0.15) is 10.1 Å². The molecule has 2 aromatic heterocycles. The maximum Gasteiger partial charge on any atom is 0.240 e. The van der Waals surface area contributed by atoms with Gasteiger partial charge in [0.25, 0.3) is 0 Å². The third-order valence-corrected chi connectivity index (χ3v) is 2.58. The summed E-state index contributed by atoms with van der Waals surface area (Å²) < 4.78 is 5.05. The lowest BCUT2D eigenvalue weighted by Gasteiger charge is -1.91. The summed E-state index contributed by atoms with van der Waals surface area (Å²) in [6.07, 6.45) is 3.05. The molecule has 0 fully saturated rings. The number of nitrogens with two attached hydrogens (primary N) is 1. The van der Waals surface area contributed by atoms with Crippen molar-refractivity contribution in [3.8, 4) is 0 Å². The summed E-state index contributed by atoms with van der Waals surface area (Å²) in [5, 5.41) is 10.8. The predicted molar refractivity (Wildman–Crippen MR) is 66.2 cm³/mol. The van der Waals surface area contributed by atoms with Crippen LogP contribution in [0.5, 0.6) is 0 Å². The second-order valence-corrected chi connectivity index (χ2v) is 4.05. The highest BCUT2D eigenvalue weighted by molar-refractivity contribution is 7.99. The zero-order chi connectivity index (χ0) is 12.8. The lowest BCUT2D eigenvalue weighted by molar-refractivity contribution is -0.115. The van der Waals surface area contributed by atoms with Gasteiger partial charge in [-0.1, -0.05) is 11.8 Å². The van der Waals surface area contributed by atoms with Gasteiger partial charge in [-0.25, -0.2) is 10.5 Å². The Morgan fingerprint density at radius 2 is 2.61 bits per heavy atom. The average molecular weight is 266 g/mol. The number of H-pyrrole nitrogens is 1. The molecule has 0 aliphatic heterocycles. The van der Waals surface area contributed by atoms with Gasteiger partial charge in [0.15, 0.2) is 0 Å². The van der Waals surface area contributed by atoms with Crippen LogP contribution in [0.25, 0.3) is 0 Å². The number of hydrogen-bond acceptors (Lipinski definition) is 7. The maximum atomic E-state index is 10.6. The molecule has 0 radical (unpaired) electrons. The van der Waals surface area contributed by atoms with Crippen LogP contribution in [0.15, 0.2) is 33.1 Å². The Morgan fingerprint density at radius 3 is 3.33 bits per heavy atom. The number of thioether (sulfide) groups is 1. The molecule has 8 nitrogen and oxygen atoms in total. The van der Waals surface area contributed by atoms with E-state index in [1.54, 1.807) is 18.4 Å². The first-order valence-electron chi connectivity index (χ1n) is 4.90. The highest BCUT2D eigenvalue weighted by Gasteiger charge is 2.04. The summed E-state index contributed by atoms with van der Waals surface area (Å²) in [7, 11) is 0. The lowest BCUT2D eigenvalue weighted by atomic mass is 10.5. The largest absolute Gasteiger partial charge is 0.463 e. The second-order valence-electron chi connectivity index (χ2n) is 3.11. The summed E-state index contributed by atoms with van der Waals surface area (Å²) in [6.45, 7) is 0. The Kier molecular flexibility index (Phi) is 3.97. The maximum absolute atomic E-state index is 10.6. The highest BCUT2D eigenvalue weighted by Crippen LogP contribution is 2.12.